The van der Waals surface area contributed by atoms with Crippen molar-refractivity contribution in [2.75, 3.05) is 21.2 Å². The SMILES string of the molecule is COC(=O)Cc1ccc(OC(=O)c2cccc(S(=O)(=O)N(C)C)c2)cc1. The molecule has 0 fully saturated rings. The number of ether oxygens (including phenoxy) is 2. The maximum Gasteiger partial charge on any atom is 0.343 e. The molecule has 0 aliphatic carbocycles. The second-order valence-electron chi connectivity index (χ2n) is 5.60. The summed E-state index contributed by atoms with van der Waals surface area (Å²) in [5.41, 5.74) is 0.835. The topological polar surface area (TPSA) is 90.0 Å². The third kappa shape index (κ3) is 4.68. The Bertz CT molecular complexity index is 904. The normalized spacial score (nSPS) is 11.2. The minimum atomic E-state index is -3.64. The van der Waals surface area contributed by atoms with Crippen LogP contribution in [0.1, 0.15) is 15.9 Å². The van der Waals surface area contributed by atoms with Gasteiger partial charge >= 0.3 is 11.9 Å². The van der Waals surface area contributed by atoms with Crippen molar-refractivity contribution in [1.29, 1.82) is 0 Å². The Labute approximate surface area is 152 Å². The number of carbonyl (C=O) groups is 2. The fourth-order valence-corrected chi connectivity index (χ4v) is 3.02. The summed E-state index contributed by atoms with van der Waals surface area (Å²) in [6, 6.07) is 12.0. The number of rotatable bonds is 6. The highest BCUT2D eigenvalue weighted by molar-refractivity contribution is 7.89. The van der Waals surface area contributed by atoms with E-state index < -0.39 is 16.0 Å². The summed E-state index contributed by atoms with van der Waals surface area (Å²) in [6.45, 7) is 0. The quantitative estimate of drug-likeness (QED) is 0.564. The van der Waals surface area contributed by atoms with Crippen LogP contribution >= 0.6 is 0 Å². The van der Waals surface area contributed by atoms with Gasteiger partial charge in [-0.25, -0.2) is 17.5 Å². The number of sulfonamides is 1. The predicted molar refractivity (Wildman–Crippen MR) is 94.4 cm³/mol. The van der Waals surface area contributed by atoms with Crippen molar-refractivity contribution in [2.45, 2.75) is 11.3 Å². The molecule has 0 atom stereocenters. The molecule has 0 aliphatic rings. The van der Waals surface area contributed by atoms with Crippen LogP contribution in [0.3, 0.4) is 0 Å². The molecule has 2 aromatic carbocycles. The summed E-state index contributed by atoms with van der Waals surface area (Å²) < 4.78 is 35.2. The van der Waals surface area contributed by atoms with Crippen LogP contribution in [0.25, 0.3) is 0 Å². The van der Waals surface area contributed by atoms with Gasteiger partial charge in [0.1, 0.15) is 5.75 Å². The number of hydrogen-bond donors (Lipinski definition) is 0. The average Bonchev–Trinajstić information content (AvgIpc) is 2.63. The third-order valence-electron chi connectivity index (χ3n) is 3.56. The lowest BCUT2D eigenvalue weighted by molar-refractivity contribution is -0.139. The molecule has 0 unspecified atom stereocenters. The summed E-state index contributed by atoms with van der Waals surface area (Å²) in [7, 11) is 0.491. The zero-order valence-electron chi connectivity index (χ0n) is 14.6. The first-order valence-electron chi connectivity index (χ1n) is 7.64. The van der Waals surface area contributed by atoms with Gasteiger partial charge in [-0.3, -0.25) is 4.79 Å². The van der Waals surface area contributed by atoms with Gasteiger partial charge < -0.3 is 9.47 Å². The maximum atomic E-state index is 12.3. The molecule has 0 aromatic heterocycles. The highest BCUT2D eigenvalue weighted by Gasteiger charge is 2.19. The molecule has 138 valence electrons. The minimum absolute atomic E-state index is 0.00498. The van der Waals surface area contributed by atoms with Gasteiger partial charge in [0.25, 0.3) is 0 Å². The number of benzene rings is 2. The van der Waals surface area contributed by atoms with Crippen LogP contribution in [-0.4, -0.2) is 45.9 Å². The van der Waals surface area contributed by atoms with Gasteiger partial charge in [0, 0.05) is 14.1 Å². The lowest BCUT2D eigenvalue weighted by atomic mass is 10.1. The summed E-state index contributed by atoms with van der Waals surface area (Å²) in [4.78, 5) is 23.5. The number of carbonyl (C=O) groups excluding carboxylic acids is 2. The van der Waals surface area contributed by atoms with E-state index in [1.54, 1.807) is 24.3 Å². The Morgan fingerprint density at radius 2 is 1.69 bits per heavy atom. The van der Waals surface area contributed by atoms with Crippen molar-refractivity contribution in [1.82, 2.24) is 4.31 Å². The molecule has 0 saturated heterocycles. The molecular formula is C18H19NO6S. The maximum absolute atomic E-state index is 12.3. The van der Waals surface area contributed by atoms with Crippen LogP contribution in [0.15, 0.2) is 53.4 Å². The van der Waals surface area contributed by atoms with Crippen molar-refractivity contribution in [2.24, 2.45) is 0 Å². The van der Waals surface area contributed by atoms with Crippen LogP contribution in [0.5, 0.6) is 5.75 Å². The van der Waals surface area contributed by atoms with Crippen molar-refractivity contribution < 1.29 is 27.5 Å². The van der Waals surface area contributed by atoms with Gasteiger partial charge in [0.2, 0.25) is 10.0 Å². The molecule has 0 spiro atoms. The summed E-state index contributed by atoms with van der Waals surface area (Å²) in [5.74, 6) is -0.764. The smallest absolute Gasteiger partial charge is 0.343 e. The number of nitrogens with zero attached hydrogens (tertiary/aromatic N) is 1. The number of methoxy groups -OCH3 is 1. The van der Waals surface area contributed by atoms with Crippen molar-refractivity contribution >= 4 is 22.0 Å². The van der Waals surface area contributed by atoms with E-state index in [4.69, 9.17) is 4.74 Å². The fraction of sp³-hybridized carbons (Fsp3) is 0.222. The number of esters is 2. The molecule has 2 rings (SSSR count). The van der Waals surface area contributed by atoms with Gasteiger partial charge in [-0.15, -0.1) is 0 Å². The standard InChI is InChI=1S/C18H19NO6S/c1-19(2)26(22,23)16-6-4-5-14(12-16)18(21)25-15-9-7-13(8-10-15)11-17(20)24-3/h4-10,12H,11H2,1-3H3. The van der Waals surface area contributed by atoms with Crippen molar-refractivity contribution in [3.05, 3.63) is 59.7 Å². The highest BCUT2D eigenvalue weighted by Crippen LogP contribution is 2.18. The summed E-state index contributed by atoms with van der Waals surface area (Å²) >= 11 is 0. The van der Waals surface area contributed by atoms with E-state index in [0.29, 0.717) is 0 Å². The summed E-state index contributed by atoms with van der Waals surface area (Å²) in [5, 5.41) is 0. The Kier molecular flexibility index (Phi) is 6.12. The van der Waals surface area contributed by atoms with Crippen LogP contribution in [0.4, 0.5) is 0 Å². The molecule has 8 heteroatoms. The lowest BCUT2D eigenvalue weighted by Crippen LogP contribution is -2.22. The first-order valence-corrected chi connectivity index (χ1v) is 9.08. The van der Waals surface area contributed by atoms with Crippen LogP contribution in [-0.2, 0) is 26.0 Å². The van der Waals surface area contributed by atoms with Gasteiger partial charge in [-0.05, 0) is 35.9 Å². The molecule has 7 nitrogen and oxygen atoms in total. The molecule has 0 heterocycles. The second kappa shape index (κ2) is 8.11. The largest absolute Gasteiger partial charge is 0.469 e. The van der Waals surface area contributed by atoms with E-state index in [1.165, 1.54) is 45.5 Å². The number of hydrogen-bond acceptors (Lipinski definition) is 6. The Morgan fingerprint density at radius 3 is 2.27 bits per heavy atom. The predicted octanol–water partition coefficient (Wildman–Crippen LogP) is 1.87. The minimum Gasteiger partial charge on any atom is -0.469 e. The van der Waals surface area contributed by atoms with Gasteiger partial charge in [0.15, 0.2) is 0 Å². The Balaban J connectivity index is 2.14. The highest BCUT2D eigenvalue weighted by atomic mass is 32.2. The van der Waals surface area contributed by atoms with Gasteiger partial charge in [-0.1, -0.05) is 18.2 Å². The second-order valence-corrected chi connectivity index (χ2v) is 7.75. The van der Waals surface area contributed by atoms with E-state index in [2.05, 4.69) is 4.74 Å². The molecular weight excluding hydrogens is 358 g/mol. The van der Waals surface area contributed by atoms with Gasteiger partial charge in [-0.2, -0.15) is 0 Å². The van der Waals surface area contributed by atoms with Crippen molar-refractivity contribution in [3.8, 4) is 5.75 Å². The molecule has 2 aromatic rings. The molecule has 0 saturated carbocycles. The molecule has 0 N–H and O–H groups in total. The van der Waals surface area contributed by atoms with E-state index >= 15 is 0 Å². The van der Waals surface area contributed by atoms with E-state index in [9.17, 15) is 18.0 Å². The first kappa shape index (κ1) is 19.6. The van der Waals surface area contributed by atoms with E-state index in [1.807, 2.05) is 0 Å². The monoisotopic (exact) mass is 377 g/mol. The molecule has 0 aliphatic heterocycles. The molecule has 0 bridgehead atoms. The third-order valence-corrected chi connectivity index (χ3v) is 5.37. The van der Waals surface area contributed by atoms with E-state index in [0.717, 1.165) is 9.87 Å². The summed E-state index contributed by atoms with van der Waals surface area (Å²) in [6.07, 6.45) is 0.120. The molecule has 0 radical (unpaired) electrons. The Morgan fingerprint density at radius 1 is 1.04 bits per heavy atom. The van der Waals surface area contributed by atoms with Crippen LogP contribution in [0, 0.1) is 0 Å². The first-order chi connectivity index (χ1) is 12.2. The zero-order valence-corrected chi connectivity index (χ0v) is 15.4. The van der Waals surface area contributed by atoms with Crippen molar-refractivity contribution in [3.63, 3.8) is 0 Å². The van der Waals surface area contributed by atoms with Crippen LogP contribution < -0.4 is 4.74 Å². The average molecular weight is 377 g/mol. The van der Waals surface area contributed by atoms with Gasteiger partial charge in [0.05, 0.1) is 24.0 Å². The Hall–Kier alpha value is -2.71. The molecule has 0 amide bonds. The zero-order chi connectivity index (χ0) is 19.3. The van der Waals surface area contributed by atoms with E-state index in [-0.39, 0.29) is 28.6 Å². The fourth-order valence-electron chi connectivity index (χ4n) is 2.07. The van der Waals surface area contributed by atoms with Crippen LogP contribution in [0.2, 0.25) is 0 Å². The molecule has 26 heavy (non-hydrogen) atoms. The lowest BCUT2D eigenvalue weighted by Gasteiger charge is -2.12.